The number of aliphatic imine (C=N–C) groups is 1. The summed E-state index contributed by atoms with van der Waals surface area (Å²) in [6.45, 7) is 0.417. The van der Waals surface area contributed by atoms with Crippen molar-refractivity contribution >= 4 is 15.9 Å². The van der Waals surface area contributed by atoms with Crippen LogP contribution in [0, 0.1) is 0 Å². The first-order valence-corrected chi connectivity index (χ1v) is 9.81. The normalized spacial score (nSPS) is 11.9. The Hall–Kier alpha value is -2.92. The van der Waals surface area contributed by atoms with Crippen molar-refractivity contribution in [3.8, 4) is 0 Å². The Labute approximate surface area is 154 Å². The van der Waals surface area contributed by atoms with Crippen LogP contribution in [0.2, 0.25) is 0 Å². The second kappa shape index (κ2) is 8.45. The molecule has 3 rings (SSSR count). The Kier molecular flexibility index (Phi) is 5.81. The first-order chi connectivity index (χ1) is 12.6. The van der Waals surface area contributed by atoms with E-state index in [0.717, 1.165) is 11.1 Å². The van der Waals surface area contributed by atoms with Crippen LogP contribution in [0.5, 0.6) is 0 Å². The van der Waals surface area contributed by atoms with Crippen molar-refractivity contribution in [1.29, 1.82) is 0 Å². The van der Waals surface area contributed by atoms with E-state index in [2.05, 4.69) is 9.71 Å². The summed E-state index contributed by atoms with van der Waals surface area (Å²) in [7, 11) is -3.66. The molecule has 0 spiro atoms. The van der Waals surface area contributed by atoms with E-state index < -0.39 is 10.0 Å². The molecule has 0 fully saturated rings. The molecule has 132 valence electrons. The maximum atomic E-state index is 12.7. The van der Waals surface area contributed by atoms with E-state index in [1.165, 1.54) is 0 Å². The molecule has 0 amide bonds. The van der Waals surface area contributed by atoms with Crippen LogP contribution in [0.4, 0.5) is 0 Å². The van der Waals surface area contributed by atoms with Gasteiger partial charge in [-0.25, -0.2) is 8.42 Å². The van der Waals surface area contributed by atoms with Crippen LogP contribution in [-0.4, -0.2) is 14.3 Å². The van der Waals surface area contributed by atoms with Crippen LogP contribution < -0.4 is 4.72 Å². The number of rotatable bonds is 6. The van der Waals surface area contributed by atoms with E-state index in [-0.39, 0.29) is 4.90 Å². The van der Waals surface area contributed by atoms with Gasteiger partial charge in [0.1, 0.15) is 5.84 Å². The Morgan fingerprint density at radius 3 is 1.81 bits per heavy atom. The van der Waals surface area contributed by atoms with Crippen molar-refractivity contribution < 1.29 is 8.42 Å². The summed E-state index contributed by atoms with van der Waals surface area (Å²) in [4.78, 5) is 4.75. The maximum absolute atomic E-state index is 12.7. The SMILES string of the molecule is O=S(=O)(NC(Cc1ccccc1)=NCc1ccccc1)c1ccccc1. The molecule has 0 atom stereocenters. The Balaban J connectivity index is 1.85. The number of nitrogens with zero attached hydrogens (tertiary/aromatic N) is 1. The van der Waals surface area contributed by atoms with Gasteiger partial charge in [0.25, 0.3) is 10.0 Å². The van der Waals surface area contributed by atoms with Gasteiger partial charge in [0.15, 0.2) is 0 Å². The fraction of sp³-hybridized carbons (Fsp3) is 0.0952. The highest BCUT2D eigenvalue weighted by Gasteiger charge is 2.16. The lowest BCUT2D eigenvalue weighted by atomic mass is 10.1. The topological polar surface area (TPSA) is 58.5 Å². The third-order valence-electron chi connectivity index (χ3n) is 3.82. The van der Waals surface area contributed by atoms with Crippen molar-refractivity contribution in [2.24, 2.45) is 4.99 Å². The molecule has 5 heteroatoms. The minimum Gasteiger partial charge on any atom is -0.267 e. The van der Waals surface area contributed by atoms with Crippen LogP contribution in [0.15, 0.2) is 101 Å². The minimum atomic E-state index is -3.66. The fourth-order valence-electron chi connectivity index (χ4n) is 2.50. The van der Waals surface area contributed by atoms with E-state index in [1.807, 2.05) is 60.7 Å². The van der Waals surface area contributed by atoms with Crippen molar-refractivity contribution in [1.82, 2.24) is 4.72 Å². The third-order valence-corrected chi connectivity index (χ3v) is 5.21. The highest BCUT2D eigenvalue weighted by molar-refractivity contribution is 7.90. The molecule has 0 saturated heterocycles. The Morgan fingerprint density at radius 2 is 1.23 bits per heavy atom. The van der Waals surface area contributed by atoms with Gasteiger partial charge in [0.05, 0.1) is 11.4 Å². The lowest BCUT2D eigenvalue weighted by molar-refractivity contribution is 0.592. The summed E-state index contributed by atoms with van der Waals surface area (Å²) in [5, 5.41) is 0. The zero-order chi connectivity index (χ0) is 18.2. The number of sulfonamides is 1. The predicted octanol–water partition coefficient (Wildman–Crippen LogP) is 3.81. The van der Waals surface area contributed by atoms with Crippen LogP contribution in [0.3, 0.4) is 0 Å². The van der Waals surface area contributed by atoms with Gasteiger partial charge in [-0.15, -0.1) is 0 Å². The largest absolute Gasteiger partial charge is 0.267 e. The number of nitrogens with one attached hydrogen (secondary N) is 1. The summed E-state index contributed by atoms with van der Waals surface area (Å²) in [5.74, 6) is 0.420. The van der Waals surface area contributed by atoms with E-state index in [0.29, 0.717) is 18.8 Å². The molecule has 3 aromatic rings. The number of amidine groups is 1. The Bertz CT molecular complexity index is 955. The molecule has 0 heterocycles. The van der Waals surface area contributed by atoms with Gasteiger partial charge in [0, 0.05) is 6.42 Å². The molecule has 4 nitrogen and oxygen atoms in total. The van der Waals surface area contributed by atoms with Crippen molar-refractivity contribution in [2.75, 3.05) is 0 Å². The molecule has 0 saturated carbocycles. The van der Waals surface area contributed by atoms with Crippen LogP contribution in [0.1, 0.15) is 11.1 Å². The van der Waals surface area contributed by atoms with Gasteiger partial charge in [-0.1, -0.05) is 78.9 Å². The van der Waals surface area contributed by atoms with E-state index in [1.54, 1.807) is 30.3 Å². The number of hydrogen-bond acceptors (Lipinski definition) is 3. The highest BCUT2D eigenvalue weighted by Crippen LogP contribution is 2.10. The molecule has 0 aliphatic carbocycles. The summed E-state index contributed by atoms with van der Waals surface area (Å²) < 4.78 is 28.0. The maximum Gasteiger partial charge on any atom is 0.262 e. The second-order valence-corrected chi connectivity index (χ2v) is 7.51. The summed E-state index contributed by atoms with van der Waals surface area (Å²) in [5.41, 5.74) is 2.02. The molecule has 0 bridgehead atoms. The average molecular weight is 364 g/mol. The van der Waals surface area contributed by atoms with Crippen LogP contribution in [-0.2, 0) is 23.0 Å². The fourth-order valence-corrected chi connectivity index (χ4v) is 3.58. The summed E-state index contributed by atoms with van der Waals surface area (Å²) in [6, 6.07) is 27.8. The molecule has 3 aromatic carbocycles. The lowest BCUT2D eigenvalue weighted by Gasteiger charge is -2.11. The molecule has 1 N–H and O–H groups in total. The molecule has 0 radical (unpaired) electrons. The van der Waals surface area contributed by atoms with Crippen molar-refractivity contribution in [3.63, 3.8) is 0 Å². The quantitative estimate of drug-likeness (QED) is 0.534. The van der Waals surface area contributed by atoms with Gasteiger partial charge in [0.2, 0.25) is 0 Å². The molecule has 0 aromatic heterocycles. The second-order valence-electron chi connectivity index (χ2n) is 5.83. The molecule has 0 aliphatic heterocycles. The third kappa shape index (κ3) is 5.04. The van der Waals surface area contributed by atoms with Crippen molar-refractivity contribution in [3.05, 3.63) is 102 Å². The molecular formula is C21H20N2O2S. The van der Waals surface area contributed by atoms with Crippen LogP contribution >= 0.6 is 0 Å². The van der Waals surface area contributed by atoms with E-state index in [4.69, 9.17) is 0 Å². The monoisotopic (exact) mass is 364 g/mol. The minimum absolute atomic E-state index is 0.223. The average Bonchev–Trinajstić information content (AvgIpc) is 2.68. The van der Waals surface area contributed by atoms with E-state index in [9.17, 15) is 8.42 Å². The smallest absolute Gasteiger partial charge is 0.262 e. The molecule has 0 unspecified atom stereocenters. The zero-order valence-electron chi connectivity index (χ0n) is 14.2. The van der Waals surface area contributed by atoms with Gasteiger partial charge < -0.3 is 0 Å². The Morgan fingerprint density at radius 1 is 0.731 bits per heavy atom. The first kappa shape index (κ1) is 17.9. The van der Waals surface area contributed by atoms with Gasteiger partial charge in [-0.05, 0) is 23.3 Å². The molecular weight excluding hydrogens is 344 g/mol. The summed E-state index contributed by atoms with van der Waals surface area (Å²) >= 11 is 0. The van der Waals surface area contributed by atoms with Crippen molar-refractivity contribution in [2.45, 2.75) is 17.9 Å². The highest BCUT2D eigenvalue weighted by atomic mass is 32.2. The zero-order valence-corrected chi connectivity index (χ0v) is 15.1. The standard InChI is InChI=1S/C21H20N2O2S/c24-26(25,20-14-8-3-9-15-20)23-21(16-18-10-4-1-5-11-18)22-17-19-12-6-2-7-13-19/h1-15H,16-17H2,(H,22,23). The summed E-state index contributed by atoms with van der Waals surface area (Å²) in [6.07, 6.45) is 0.416. The number of hydrogen-bond donors (Lipinski definition) is 1. The predicted molar refractivity (Wildman–Crippen MR) is 104 cm³/mol. The van der Waals surface area contributed by atoms with Crippen LogP contribution in [0.25, 0.3) is 0 Å². The van der Waals surface area contributed by atoms with Gasteiger partial charge in [-0.2, -0.15) is 0 Å². The molecule has 26 heavy (non-hydrogen) atoms. The van der Waals surface area contributed by atoms with Gasteiger partial charge >= 0.3 is 0 Å². The molecule has 0 aliphatic rings. The van der Waals surface area contributed by atoms with Gasteiger partial charge in [-0.3, -0.25) is 9.71 Å². The first-order valence-electron chi connectivity index (χ1n) is 8.32. The number of benzene rings is 3. The van der Waals surface area contributed by atoms with E-state index >= 15 is 0 Å². The lowest BCUT2D eigenvalue weighted by Crippen LogP contribution is -2.32.